The van der Waals surface area contributed by atoms with Crippen LogP contribution in [0, 0.1) is 6.92 Å². The molecule has 1 aromatic rings. The fourth-order valence-electron chi connectivity index (χ4n) is 1.45. The van der Waals surface area contributed by atoms with Crippen LogP contribution in [0.4, 0.5) is 10.5 Å². The molecule has 15 heavy (non-hydrogen) atoms. The summed E-state index contributed by atoms with van der Waals surface area (Å²) in [6.45, 7) is 1.99. The zero-order valence-corrected chi connectivity index (χ0v) is 9.67. The van der Waals surface area contributed by atoms with Crippen LogP contribution < -0.4 is 10.2 Å². The number of imide groups is 1. The standard InChI is InChI=1S/C10H9BrN2O2/c1-6-4-7(2-3-8(6)11)13-9(14)5-12-10(13)15/h2-4H,5H2,1H3,(H,12,15). The molecule has 4 nitrogen and oxygen atoms in total. The first-order chi connectivity index (χ1) is 7.09. The van der Waals surface area contributed by atoms with Gasteiger partial charge in [-0.05, 0) is 30.7 Å². The molecule has 1 aliphatic rings. The van der Waals surface area contributed by atoms with Gasteiger partial charge in [-0.1, -0.05) is 15.9 Å². The van der Waals surface area contributed by atoms with E-state index in [4.69, 9.17) is 0 Å². The topological polar surface area (TPSA) is 49.4 Å². The first kappa shape index (κ1) is 10.2. The Bertz CT molecular complexity index is 429. The zero-order valence-electron chi connectivity index (χ0n) is 8.08. The van der Waals surface area contributed by atoms with Crippen LogP contribution in [0.15, 0.2) is 22.7 Å². The summed E-state index contributed by atoms with van der Waals surface area (Å²) in [5.74, 6) is -0.221. The Balaban J connectivity index is 2.41. The van der Waals surface area contributed by atoms with Gasteiger partial charge >= 0.3 is 6.03 Å². The van der Waals surface area contributed by atoms with Crippen LogP contribution in [-0.2, 0) is 4.79 Å². The molecule has 0 bridgehead atoms. The van der Waals surface area contributed by atoms with Crippen LogP contribution in [0.25, 0.3) is 0 Å². The van der Waals surface area contributed by atoms with E-state index in [9.17, 15) is 9.59 Å². The van der Waals surface area contributed by atoms with Crippen LogP contribution in [0.2, 0.25) is 0 Å². The van der Waals surface area contributed by atoms with Crippen molar-refractivity contribution >= 4 is 33.6 Å². The van der Waals surface area contributed by atoms with Gasteiger partial charge in [0, 0.05) is 4.47 Å². The summed E-state index contributed by atoms with van der Waals surface area (Å²) >= 11 is 3.36. The average molecular weight is 269 g/mol. The molecule has 2 rings (SSSR count). The second-order valence-corrected chi connectivity index (χ2v) is 4.18. The Morgan fingerprint density at radius 2 is 2.13 bits per heavy atom. The van der Waals surface area contributed by atoms with Crippen molar-refractivity contribution in [2.75, 3.05) is 11.4 Å². The molecule has 0 aliphatic carbocycles. The van der Waals surface area contributed by atoms with Crippen molar-refractivity contribution in [2.45, 2.75) is 6.92 Å². The molecule has 5 heteroatoms. The van der Waals surface area contributed by atoms with Gasteiger partial charge in [-0.25, -0.2) is 9.69 Å². The third-order valence-electron chi connectivity index (χ3n) is 2.24. The van der Waals surface area contributed by atoms with Crippen LogP contribution in [0.1, 0.15) is 5.56 Å². The number of hydrogen-bond donors (Lipinski definition) is 1. The van der Waals surface area contributed by atoms with E-state index in [1.54, 1.807) is 12.1 Å². The highest BCUT2D eigenvalue weighted by Gasteiger charge is 2.29. The molecule has 0 aromatic heterocycles. The summed E-state index contributed by atoms with van der Waals surface area (Å²) in [5.41, 5.74) is 1.59. The van der Waals surface area contributed by atoms with Gasteiger partial charge < -0.3 is 5.32 Å². The van der Waals surface area contributed by atoms with E-state index in [1.165, 1.54) is 0 Å². The molecule has 0 unspecified atom stereocenters. The summed E-state index contributed by atoms with van der Waals surface area (Å²) in [4.78, 5) is 23.9. The number of hydrogen-bond acceptors (Lipinski definition) is 2. The molecule has 1 N–H and O–H groups in total. The van der Waals surface area contributed by atoms with Gasteiger partial charge in [0.25, 0.3) is 5.91 Å². The maximum atomic E-state index is 11.4. The first-order valence-corrected chi connectivity index (χ1v) is 5.26. The number of anilines is 1. The van der Waals surface area contributed by atoms with E-state index in [0.29, 0.717) is 5.69 Å². The molecule has 1 aromatic carbocycles. The van der Waals surface area contributed by atoms with Gasteiger partial charge in [0.05, 0.1) is 12.2 Å². The normalized spacial score (nSPS) is 15.7. The summed E-state index contributed by atoms with van der Waals surface area (Å²) in [7, 11) is 0. The van der Waals surface area contributed by atoms with Gasteiger partial charge in [-0.15, -0.1) is 0 Å². The van der Waals surface area contributed by atoms with Crippen LogP contribution in [0.3, 0.4) is 0 Å². The largest absolute Gasteiger partial charge is 0.329 e. The Morgan fingerprint density at radius 3 is 2.67 bits per heavy atom. The lowest BCUT2D eigenvalue weighted by Gasteiger charge is -2.13. The quantitative estimate of drug-likeness (QED) is 0.790. The van der Waals surface area contributed by atoms with Crippen LogP contribution in [-0.4, -0.2) is 18.5 Å². The summed E-state index contributed by atoms with van der Waals surface area (Å²) < 4.78 is 0.957. The third kappa shape index (κ3) is 1.74. The highest BCUT2D eigenvalue weighted by molar-refractivity contribution is 9.10. The van der Waals surface area contributed by atoms with Crippen LogP contribution >= 0.6 is 15.9 Å². The fourth-order valence-corrected chi connectivity index (χ4v) is 1.70. The minimum atomic E-state index is -0.360. The Kier molecular flexibility index (Phi) is 2.48. The number of carbonyl (C=O) groups is 2. The molecule has 78 valence electrons. The molecule has 1 saturated heterocycles. The summed E-state index contributed by atoms with van der Waals surface area (Å²) in [5, 5.41) is 2.48. The van der Waals surface area contributed by atoms with E-state index in [1.807, 2.05) is 13.0 Å². The van der Waals surface area contributed by atoms with E-state index in [0.717, 1.165) is 14.9 Å². The highest BCUT2D eigenvalue weighted by atomic mass is 79.9. The number of urea groups is 1. The van der Waals surface area contributed by atoms with E-state index < -0.39 is 0 Å². The van der Waals surface area contributed by atoms with Gasteiger partial charge in [0.2, 0.25) is 0 Å². The predicted octanol–water partition coefficient (Wildman–Crippen LogP) is 1.81. The molecular formula is C10H9BrN2O2. The molecule has 0 spiro atoms. The van der Waals surface area contributed by atoms with Gasteiger partial charge in [-0.2, -0.15) is 0 Å². The lowest BCUT2D eigenvalue weighted by atomic mass is 10.2. The Hall–Kier alpha value is -1.36. The Morgan fingerprint density at radius 1 is 1.40 bits per heavy atom. The van der Waals surface area contributed by atoms with Crippen molar-refractivity contribution in [3.05, 3.63) is 28.2 Å². The monoisotopic (exact) mass is 268 g/mol. The molecule has 1 heterocycles. The number of aryl methyl sites for hydroxylation is 1. The maximum Gasteiger partial charge on any atom is 0.329 e. The van der Waals surface area contributed by atoms with Gasteiger partial charge in [0.1, 0.15) is 0 Å². The van der Waals surface area contributed by atoms with Gasteiger partial charge in [0.15, 0.2) is 0 Å². The summed E-state index contributed by atoms with van der Waals surface area (Å²) in [6, 6.07) is 5.00. The number of carbonyl (C=O) groups excluding carboxylic acids is 2. The number of nitrogens with one attached hydrogen (secondary N) is 1. The second-order valence-electron chi connectivity index (χ2n) is 3.32. The average Bonchev–Trinajstić information content (AvgIpc) is 2.52. The van der Waals surface area contributed by atoms with Crippen molar-refractivity contribution in [1.29, 1.82) is 0 Å². The molecule has 1 aliphatic heterocycles. The lowest BCUT2D eigenvalue weighted by Crippen LogP contribution is -2.30. The molecule has 1 fully saturated rings. The second kappa shape index (κ2) is 3.66. The fraction of sp³-hybridized carbons (Fsp3) is 0.200. The SMILES string of the molecule is Cc1cc(N2C(=O)CNC2=O)ccc1Br. The smallest absolute Gasteiger partial charge is 0.328 e. The number of nitrogens with zero attached hydrogens (tertiary/aromatic N) is 1. The predicted molar refractivity (Wildman–Crippen MR) is 59.8 cm³/mol. The van der Waals surface area contributed by atoms with E-state index in [2.05, 4.69) is 21.2 Å². The van der Waals surface area contributed by atoms with E-state index in [-0.39, 0.29) is 18.5 Å². The lowest BCUT2D eigenvalue weighted by molar-refractivity contribution is -0.115. The number of rotatable bonds is 1. The maximum absolute atomic E-state index is 11.4. The molecular weight excluding hydrogens is 260 g/mol. The highest BCUT2D eigenvalue weighted by Crippen LogP contribution is 2.24. The first-order valence-electron chi connectivity index (χ1n) is 4.46. The van der Waals surface area contributed by atoms with Crippen molar-refractivity contribution in [1.82, 2.24) is 5.32 Å². The van der Waals surface area contributed by atoms with Crippen molar-refractivity contribution < 1.29 is 9.59 Å². The number of amides is 3. The molecule has 0 atom stereocenters. The van der Waals surface area contributed by atoms with E-state index >= 15 is 0 Å². The summed E-state index contributed by atoms with van der Waals surface area (Å²) in [6.07, 6.45) is 0. The minimum Gasteiger partial charge on any atom is -0.328 e. The van der Waals surface area contributed by atoms with Crippen molar-refractivity contribution in [2.24, 2.45) is 0 Å². The minimum absolute atomic E-state index is 0.0773. The van der Waals surface area contributed by atoms with Crippen molar-refractivity contribution in [3.63, 3.8) is 0 Å². The zero-order chi connectivity index (χ0) is 11.0. The van der Waals surface area contributed by atoms with Gasteiger partial charge in [-0.3, -0.25) is 4.79 Å². The molecule has 0 radical (unpaired) electrons. The molecule has 0 saturated carbocycles. The number of halogens is 1. The number of benzene rings is 1. The van der Waals surface area contributed by atoms with Crippen LogP contribution in [0.5, 0.6) is 0 Å². The van der Waals surface area contributed by atoms with Crippen molar-refractivity contribution in [3.8, 4) is 0 Å². The molecule has 3 amide bonds. The third-order valence-corrected chi connectivity index (χ3v) is 3.13. The Labute approximate surface area is 95.4 Å².